The first-order valence-corrected chi connectivity index (χ1v) is 6.96. The Labute approximate surface area is 117 Å². The van der Waals surface area contributed by atoms with Crippen LogP contribution < -0.4 is 9.46 Å². The highest BCUT2D eigenvalue weighted by Gasteiger charge is 2.21. The second-order valence-electron chi connectivity index (χ2n) is 4.12. The molecule has 0 spiro atoms. The van der Waals surface area contributed by atoms with Gasteiger partial charge >= 0.3 is 0 Å². The first-order valence-electron chi connectivity index (χ1n) is 5.81. The lowest BCUT2D eigenvalue weighted by Crippen LogP contribution is -2.17. The van der Waals surface area contributed by atoms with Crippen LogP contribution in [0.25, 0.3) is 16.2 Å². The molecule has 0 saturated carbocycles. The van der Waals surface area contributed by atoms with Crippen molar-refractivity contribution in [1.29, 1.82) is 0 Å². The third-order valence-corrected chi connectivity index (χ3v) is 3.92. The van der Waals surface area contributed by atoms with Crippen molar-refractivity contribution in [2.75, 3.05) is 7.11 Å². The van der Waals surface area contributed by atoms with E-state index < -0.39 is 11.0 Å². The summed E-state index contributed by atoms with van der Waals surface area (Å²) >= 11 is 0. The van der Waals surface area contributed by atoms with Crippen LogP contribution in [0.15, 0.2) is 42.7 Å². The standard InChI is InChI=1S/C13H11N3O3S/c1-19-11-4-2-3-9(5-11)10-7-14-16(8-10)13-6-12(17)15-20(13)18/h2-8H,1H3,(H,15,17). The molecule has 1 unspecified atom stereocenters. The normalized spacial score (nSPS) is 17.8. The summed E-state index contributed by atoms with van der Waals surface area (Å²) in [6.07, 6.45) is 4.65. The summed E-state index contributed by atoms with van der Waals surface area (Å²) in [5.41, 5.74) is 1.78. The lowest BCUT2D eigenvalue weighted by atomic mass is 10.1. The number of hydrogen-bond acceptors (Lipinski definition) is 4. The Morgan fingerprint density at radius 2 is 2.20 bits per heavy atom. The molecule has 1 N–H and O–H groups in total. The van der Waals surface area contributed by atoms with Crippen LogP contribution in [0.1, 0.15) is 0 Å². The molecule has 1 atom stereocenters. The van der Waals surface area contributed by atoms with Gasteiger partial charge in [0.1, 0.15) is 5.75 Å². The molecule has 1 aliphatic rings. The summed E-state index contributed by atoms with van der Waals surface area (Å²) in [5.74, 6) is 0.368. The zero-order valence-corrected chi connectivity index (χ0v) is 11.4. The van der Waals surface area contributed by atoms with Crippen molar-refractivity contribution in [3.05, 3.63) is 42.7 Å². The lowest BCUT2D eigenvalue weighted by Gasteiger charge is -2.02. The topological polar surface area (TPSA) is 73.2 Å². The van der Waals surface area contributed by atoms with E-state index in [2.05, 4.69) is 9.82 Å². The van der Waals surface area contributed by atoms with Crippen molar-refractivity contribution >= 4 is 21.9 Å². The molecule has 1 aromatic heterocycles. The van der Waals surface area contributed by atoms with Gasteiger partial charge < -0.3 is 4.74 Å². The molecule has 6 nitrogen and oxygen atoms in total. The van der Waals surface area contributed by atoms with E-state index in [1.807, 2.05) is 24.3 Å². The molecule has 0 radical (unpaired) electrons. The van der Waals surface area contributed by atoms with Crippen molar-refractivity contribution in [2.45, 2.75) is 0 Å². The number of carbonyl (C=O) groups excluding carboxylic acids is 1. The number of hydrogen-bond donors (Lipinski definition) is 1. The van der Waals surface area contributed by atoms with Gasteiger partial charge in [0.2, 0.25) is 0 Å². The average molecular weight is 289 g/mol. The van der Waals surface area contributed by atoms with E-state index in [9.17, 15) is 9.00 Å². The minimum atomic E-state index is -1.55. The van der Waals surface area contributed by atoms with Gasteiger partial charge in [-0.2, -0.15) is 5.10 Å². The van der Waals surface area contributed by atoms with Gasteiger partial charge in [-0.05, 0) is 17.7 Å². The Morgan fingerprint density at radius 1 is 1.35 bits per heavy atom. The summed E-state index contributed by atoms with van der Waals surface area (Å²) < 4.78 is 20.6. The summed E-state index contributed by atoms with van der Waals surface area (Å²) in [6, 6.07) is 7.53. The maximum Gasteiger partial charge on any atom is 0.258 e. The third-order valence-electron chi connectivity index (χ3n) is 2.85. The molecule has 1 aliphatic heterocycles. The van der Waals surface area contributed by atoms with Gasteiger partial charge in [-0.15, -0.1) is 0 Å². The van der Waals surface area contributed by atoms with Crippen molar-refractivity contribution in [2.24, 2.45) is 0 Å². The van der Waals surface area contributed by atoms with E-state index in [-0.39, 0.29) is 5.91 Å². The molecular weight excluding hydrogens is 278 g/mol. The Balaban J connectivity index is 1.96. The van der Waals surface area contributed by atoms with Crippen molar-refractivity contribution in [1.82, 2.24) is 14.5 Å². The zero-order valence-electron chi connectivity index (χ0n) is 10.6. The van der Waals surface area contributed by atoms with Gasteiger partial charge in [0.25, 0.3) is 5.91 Å². The molecular formula is C13H11N3O3S. The highest BCUT2D eigenvalue weighted by molar-refractivity contribution is 7.93. The number of amides is 1. The number of aromatic nitrogens is 2. The molecule has 102 valence electrons. The van der Waals surface area contributed by atoms with Crippen molar-refractivity contribution in [3.8, 4) is 16.9 Å². The maximum atomic E-state index is 11.7. The molecule has 1 aromatic carbocycles. The zero-order chi connectivity index (χ0) is 14.1. The number of benzene rings is 1. The number of methoxy groups -OCH3 is 1. The molecule has 1 amide bonds. The fourth-order valence-electron chi connectivity index (χ4n) is 1.88. The second-order valence-corrected chi connectivity index (χ2v) is 5.28. The number of nitrogens with zero attached hydrogens (tertiary/aromatic N) is 2. The number of carbonyl (C=O) groups is 1. The SMILES string of the molecule is COc1cccc(-c2cnn(C3=CC(=O)NS3=O)c2)c1. The Bertz CT molecular complexity index is 736. The second kappa shape index (κ2) is 4.93. The van der Waals surface area contributed by atoms with Gasteiger partial charge in [-0.25, -0.2) is 8.89 Å². The molecule has 3 rings (SSSR count). The largest absolute Gasteiger partial charge is 0.497 e. The van der Waals surface area contributed by atoms with Gasteiger partial charge in [-0.1, -0.05) is 12.1 Å². The summed E-state index contributed by atoms with van der Waals surface area (Å²) in [5, 5.41) is 4.46. The Hall–Kier alpha value is -2.41. The first-order chi connectivity index (χ1) is 9.67. The van der Waals surface area contributed by atoms with E-state index in [4.69, 9.17) is 4.74 Å². The van der Waals surface area contributed by atoms with Crippen LogP contribution in [0.3, 0.4) is 0 Å². The Kier molecular flexibility index (Phi) is 3.11. The van der Waals surface area contributed by atoms with Crippen LogP contribution in [0, 0.1) is 0 Å². The maximum absolute atomic E-state index is 11.7. The molecule has 2 aromatic rings. The van der Waals surface area contributed by atoms with Crippen LogP contribution in [-0.2, 0) is 15.8 Å². The lowest BCUT2D eigenvalue weighted by molar-refractivity contribution is -0.114. The van der Waals surface area contributed by atoms with Crippen LogP contribution >= 0.6 is 0 Å². The van der Waals surface area contributed by atoms with Crippen LogP contribution in [0.4, 0.5) is 0 Å². The summed E-state index contributed by atoms with van der Waals surface area (Å²) in [6.45, 7) is 0. The molecule has 7 heteroatoms. The van der Waals surface area contributed by atoms with Crippen LogP contribution in [0.5, 0.6) is 5.75 Å². The highest BCUT2D eigenvalue weighted by Crippen LogP contribution is 2.24. The van der Waals surface area contributed by atoms with Gasteiger partial charge in [-0.3, -0.25) is 9.52 Å². The predicted molar refractivity (Wildman–Crippen MR) is 74.8 cm³/mol. The molecule has 0 bridgehead atoms. The van der Waals surface area contributed by atoms with E-state index in [1.54, 1.807) is 19.5 Å². The molecule has 0 saturated heterocycles. The van der Waals surface area contributed by atoms with E-state index in [0.29, 0.717) is 5.03 Å². The van der Waals surface area contributed by atoms with Gasteiger partial charge in [0.05, 0.1) is 13.3 Å². The molecule has 0 fully saturated rings. The van der Waals surface area contributed by atoms with Crippen LogP contribution in [0.2, 0.25) is 0 Å². The highest BCUT2D eigenvalue weighted by atomic mass is 32.2. The first kappa shape index (κ1) is 12.6. The van der Waals surface area contributed by atoms with Crippen molar-refractivity contribution < 1.29 is 13.7 Å². The number of rotatable bonds is 3. The van der Waals surface area contributed by atoms with Gasteiger partial charge in [0, 0.05) is 17.8 Å². The fourth-order valence-corrected chi connectivity index (χ4v) is 2.71. The van der Waals surface area contributed by atoms with Crippen LogP contribution in [-0.4, -0.2) is 27.0 Å². The fraction of sp³-hybridized carbons (Fsp3) is 0.0769. The predicted octanol–water partition coefficient (Wildman–Crippen LogP) is 1.15. The molecule has 0 aliphatic carbocycles. The van der Waals surface area contributed by atoms with E-state index >= 15 is 0 Å². The quantitative estimate of drug-likeness (QED) is 0.920. The minimum Gasteiger partial charge on any atom is -0.497 e. The van der Waals surface area contributed by atoms with Crippen molar-refractivity contribution in [3.63, 3.8) is 0 Å². The molecule has 2 heterocycles. The van der Waals surface area contributed by atoms with Gasteiger partial charge in [0.15, 0.2) is 16.0 Å². The average Bonchev–Trinajstić information content (AvgIpc) is 3.05. The van der Waals surface area contributed by atoms with E-state index in [0.717, 1.165) is 16.9 Å². The smallest absolute Gasteiger partial charge is 0.258 e. The Morgan fingerprint density at radius 3 is 2.90 bits per heavy atom. The van der Waals surface area contributed by atoms with E-state index in [1.165, 1.54) is 10.8 Å². The summed E-state index contributed by atoms with van der Waals surface area (Å²) in [7, 11) is 0.0501. The minimum absolute atomic E-state index is 0.323. The number of ether oxygens (including phenoxy) is 1. The number of nitrogens with one attached hydrogen (secondary N) is 1. The molecule has 20 heavy (non-hydrogen) atoms. The monoisotopic (exact) mass is 289 g/mol. The third kappa shape index (κ3) is 2.23. The summed E-state index contributed by atoms with van der Waals surface area (Å²) in [4.78, 5) is 11.2.